The van der Waals surface area contributed by atoms with E-state index in [0.29, 0.717) is 13.3 Å². The molecule has 2 unspecified atom stereocenters. The maximum absolute atomic E-state index is 12.5. The van der Waals surface area contributed by atoms with E-state index < -0.39 is 36.1 Å². The molecular formula is C10H17F3N2O3. The lowest BCUT2D eigenvalue weighted by Gasteiger charge is -2.28. The summed E-state index contributed by atoms with van der Waals surface area (Å²) < 4.78 is 37.4. The van der Waals surface area contributed by atoms with Crippen molar-refractivity contribution in [1.82, 2.24) is 5.32 Å². The third-order valence-electron chi connectivity index (χ3n) is 2.45. The fraction of sp³-hybridized carbons (Fsp3) is 0.800. The zero-order chi connectivity index (χ0) is 14.6. The van der Waals surface area contributed by atoms with Gasteiger partial charge in [0.15, 0.2) is 5.54 Å². The number of rotatable bonds is 6. The highest BCUT2D eigenvalue weighted by Gasteiger charge is 2.54. The van der Waals surface area contributed by atoms with Crippen molar-refractivity contribution in [3.63, 3.8) is 0 Å². The summed E-state index contributed by atoms with van der Waals surface area (Å²) in [7, 11) is 0. The molecule has 8 heteroatoms. The van der Waals surface area contributed by atoms with Gasteiger partial charge < -0.3 is 16.2 Å². The Morgan fingerprint density at radius 3 is 2.22 bits per heavy atom. The highest BCUT2D eigenvalue weighted by atomic mass is 19.4. The van der Waals surface area contributed by atoms with Crippen molar-refractivity contribution < 1.29 is 27.9 Å². The van der Waals surface area contributed by atoms with Crippen molar-refractivity contribution in [3.05, 3.63) is 0 Å². The minimum atomic E-state index is -4.89. The van der Waals surface area contributed by atoms with Crippen molar-refractivity contribution in [3.8, 4) is 0 Å². The smallest absolute Gasteiger partial charge is 0.415 e. The van der Waals surface area contributed by atoms with Crippen molar-refractivity contribution >= 4 is 11.9 Å². The van der Waals surface area contributed by atoms with E-state index in [-0.39, 0.29) is 6.42 Å². The average molecular weight is 270 g/mol. The Hall–Kier alpha value is -1.31. The Balaban J connectivity index is 4.74. The molecule has 0 aliphatic heterocycles. The van der Waals surface area contributed by atoms with Crippen LogP contribution in [0, 0.1) is 0 Å². The molecular weight excluding hydrogens is 253 g/mol. The van der Waals surface area contributed by atoms with E-state index >= 15 is 0 Å². The molecule has 0 rings (SSSR count). The number of nitrogens with one attached hydrogen (secondary N) is 1. The summed E-state index contributed by atoms with van der Waals surface area (Å²) >= 11 is 0. The molecule has 0 aromatic rings. The summed E-state index contributed by atoms with van der Waals surface area (Å²) in [6, 6.07) is -0.856. The first-order valence-electron chi connectivity index (χ1n) is 5.40. The summed E-state index contributed by atoms with van der Waals surface area (Å²) in [5.41, 5.74) is 1.90. The molecule has 0 fully saturated rings. The van der Waals surface area contributed by atoms with Crippen LogP contribution in [0.4, 0.5) is 13.2 Å². The number of halogens is 3. The number of nitrogens with two attached hydrogens (primary N) is 1. The lowest BCUT2D eigenvalue weighted by atomic mass is 10.00. The second kappa shape index (κ2) is 6.03. The maximum Gasteiger partial charge on any atom is 0.415 e. The predicted molar refractivity (Wildman–Crippen MR) is 57.7 cm³/mol. The zero-order valence-electron chi connectivity index (χ0n) is 10.2. The number of amides is 1. The lowest BCUT2D eigenvalue weighted by molar-refractivity contribution is -0.187. The molecule has 0 aromatic heterocycles. The van der Waals surface area contributed by atoms with E-state index in [1.54, 1.807) is 6.92 Å². The molecule has 0 saturated heterocycles. The second-order valence-corrected chi connectivity index (χ2v) is 4.26. The molecule has 106 valence electrons. The van der Waals surface area contributed by atoms with Gasteiger partial charge in [-0.15, -0.1) is 0 Å². The van der Waals surface area contributed by atoms with Crippen LogP contribution in [-0.4, -0.2) is 34.7 Å². The minimum absolute atomic E-state index is 0.270. The number of carboxylic acids is 1. The number of carboxylic acid groups (broad SMARTS) is 1. The monoisotopic (exact) mass is 270 g/mol. The quantitative estimate of drug-likeness (QED) is 0.672. The van der Waals surface area contributed by atoms with E-state index in [4.69, 9.17) is 10.8 Å². The Morgan fingerprint density at radius 2 is 1.89 bits per heavy atom. The van der Waals surface area contributed by atoms with Crippen molar-refractivity contribution in [2.24, 2.45) is 5.73 Å². The summed E-state index contributed by atoms with van der Waals surface area (Å²) in [5, 5.41) is 10.6. The van der Waals surface area contributed by atoms with Crippen LogP contribution >= 0.6 is 0 Å². The van der Waals surface area contributed by atoms with Gasteiger partial charge >= 0.3 is 12.1 Å². The van der Waals surface area contributed by atoms with Crippen LogP contribution in [0.1, 0.15) is 33.1 Å². The predicted octanol–water partition coefficient (Wildman–Crippen LogP) is 1.03. The number of carbonyl (C=O) groups is 2. The van der Waals surface area contributed by atoms with Gasteiger partial charge in [0.2, 0.25) is 5.91 Å². The van der Waals surface area contributed by atoms with Gasteiger partial charge in [-0.25, -0.2) is 0 Å². The van der Waals surface area contributed by atoms with Crippen molar-refractivity contribution in [2.75, 3.05) is 0 Å². The van der Waals surface area contributed by atoms with Crippen LogP contribution < -0.4 is 11.1 Å². The van der Waals surface area contributed by atoms with E-state index in [1.165, 1.54) is 0 Å². The molecule has 0 radical (unpaired) electrons. The maximum atomic E-state index is 12.5. The third-order valence-corrected chi connectivity index (χ3v) is 2.45. The number of aliphatic carboxylic acids is 1. The van der Waals surface area contributed by atoms with Gasteiger partial charge in [0, 0.05) is 6.04 Å². The Bertz CT molecular complexity index is 316. The molecule has 2 atom stereocenters. The molecule has 0 heterocycles. The van der Waals surface area contributed by atoms with Crippen molar-refractivity contribution in [2.45, 2.75) is 50.9 Å². The summed E-state index contributed by atoms with van der Waals surface area (Å²) in [5.74, 6) is -2.62. The number of alkyl halides is 3. The average Bonchev–Trinajstić information content (AvgIpc) is 2.14. The van der Waals surface area contributed by atoms with Gasteiger partial charge in [-0.2, -0.15) is 13.2 Å². The molecule has 18 heavy (non-hydrogen) atoms. The molecule has 0 aliphatic carbocycles. The van der Waals surface area contributed by atoms with E-state index in [1.807, 2.05) is 5.32 Å². The van der Waals surface area contributed by atoms with Crippen LogP contribution in [0.3, 0.4) is 0 Å². The fourth-order valence-electron chi connectivity index (χ4n) is 1.25. The van der Waals surface area contributed by atoms with Crippen molar-refractivity contribution in [1.29, 1.82) is 0 Å². The standard InChI is InChI=1S/C10H17F3N2O3/c1-3-4-6(5-7(16)17)15-8(18)9(2,14)10(11,12)13/h6H,3-5,14H2,1-2H3,(H,15,18)(H,16,17). The SMILES string of the molecule is CCCC(CC(=O)O)NC(=O)C(C)(N)C(F)(F)F. The molecule has 4 N–H and O–H groups in total. The zero-order valence-corrected chi connectivity index (χ0v) is 10.2. The van der Waals surface area contributed by atoms with Gasteiger partial charge in [0.05, 0.1) is 6.42 Å². The van der Waals surface area contributed by atoms with Gasteiger partial charge in [-0.3, -0.25) is 9.59 Å². The molecule has 0 spiro atoms. The Morgan fingerprint density at radius 1 is 1.39 bits per heavy atom. The minimum Gasteiger partial charge on any atom is -0.481 e. The largest absolute Gasteiger partial charge is 0.481 e. The topological polar surface area (TPSA) is 92.4 Å². The third kappa shape index (κ3) is 4.52. The first-order valence-corrected chi connectivity index (χ1v) is 5.40. The van der Waals surface area contributed by atoms with Crippen LogP contribution in [0.25, 0.3) is 0 Å². The summed E-state index contributed by atoms with van der Waals surface area (Å²) in [6.07, 6.45) is -4.53. The Labute approximate surface area is 103 Å². The Kier molecular flexibility index (Phi) is 5.59. The van der Waals surface area contributed by atoms with Crippen LogP contribution in [0.5, 0.6) is 0 Å². The highest BCUT2D eigenvalue weighted by Crippen LogP contribution is 2.28. The first-order chi connectivity index (χ1) is 8.02. The van der Waals surface area contributed by atoms with E-state index in [0.717, 1.165) is 0 Å². The number of carbonyl (C=O) groups excluding carboxylic acids is 1. The molecule has 5 nitrogen and oxygen atoms in total. The van der Waals surface area contributed by atoms with Gasteiger partial charge in [-0.05, 0) is 13.3 Å². The second-order valence-electron chi connectivity index (χ2n) is 4.26. The van der Waals surface area contributed by atoms with Gasteiger partial charge in [-0.1, -0.05) is 13.3 Å². The number of hydrogen-bond acceptors (Lipinski definition) is 3. The molecule has 0 aliphatic rings. The van der Waals surface area contributed by atoms with E-state index in [9.17, 15) is 22.8 Å². The highest BCUT2D eigenvalue weighted by molar-refractivity contribution is 5.87. The first kappa shape index (κ1) is 16.7. The van der Waals surface area contributed by atoms with Gasteiger partial charge in [0.1, 0.15) is 0 Å². The molecule has 0 bridgehead atoms. The van der Waals surface area contributed by atoms with Crippen LogP contribution in [0.15, 0.2) is 0 Å². The molecule has 1 amide bonds. The summed E-state index contributed by atoms with van der Waals surface area (Å²) in [6.45, 7) is 2.28. The lowest BCUT2D eigenvalue weighted by Crippen LogP contribution is -2.62. The number of hydrogen-bond donors (Lipinski definition) is 3. The normalized spacial score (nSPS) is 16.8. The molecule has 0 saturated carbocycles. The van der Waals surface area contributed by atoms with Crippen LogP contribution in [0.2, 0.25) is 0 Å². The molecule has 0 aromatic carbocycles. The van der Waals surface area contributed by atoms with E-state index in [2.05, 4.69) is 0 Å². The fourth-order valence-corrected chi connectivity index (χ4v) is 1.25. The van der Waals surface area contributed by atoms with Gasteiger partial charge in [0.25, 0.3) is 0 Å². The van der Waals surface area contributed by atoms with Crippen LogP contribution in [-0.2, 0) is 9.59 Å². The summed E-state index contributed by atoms with van der Waals surface area (Å²) in [4.78, 5) is 21.9.